The maximum Gasteiger partial charge on any atom is 0.457 e. The van der Waals surface area contributed by atoms with Crippen LogP contribution in [-0.4, -0.2) is 74.1 Å². The zero-order valence-electron chi connectivity index (χ0n) is 24.1. The zero-order chi connectivity index (χ0) is 28.4. The average molecular weight is 570 g/mol. The molecule has 1 N–H and O–H groups in total. The summed E-state index contributed by atoms with van der Waals surface area (Å²) >= 11 is 0. The summed E-state index contributed by atoms with van der Waals surface area (Å²) in [7, 11) is -5.40. The van der Waals surface area contributed by atoms with Crippen LogP contribution in [0.3, 0.4) is 0 Å². The highest BCUT2D eigenvalue weighted by atomic mass is 32.2. The summed E-state index contributed by atoms with van der Waals surface area (Å²) < 4.78 is 49.7. The fraction of sp³-hybridized carbons (Fsp3) is 0.870. The molecule has 3 heterocycles. The van der Waals surface area contributed by atoms with Crippen molar-refractivity contribution in [1.82, 2.24) is 14.1 Å². The van der Waals surface area contributed by atoms with Crippen LogP contribution in [-0.2, 0) is 31.0 Å². The number of ether oxygens (including phenoxy) is 1. The van der Waals surface area contributed by atoms with Gasteiger partial charge in [0.25, 0.3) is 0 Å². The molecule has 2 aliphatic rings. The van der Waals surface area contributed by atoms with E-state index in [1.807, 2.05) is 34.6 Å². The van der Waals surface area contributed by atoms with Crippen molar-refractivity contribution in [3.8, 4) is 0 Å². The second-order valence-electron chi connectivity index (χ2n) is 12.8. The normalized spacial score (nSPS) is 25.5. The van der Waals surface area contributed by atoms with E-state index < -0.39 is 35.0 Å². The Bertz CT molecular complexity index is 1100. The van der Waals surface area contributed by atoms with Crippen molar-refractivity contribution in [2.75, 3.05) is 24.4 Å². The largest absolute Gasteiger partial charge is 0.457 e. The predicted octanol–water partition coefficient (Wildman–Crippen LogP) is 4.73. The molecule has 0 unspecified atom stereocenters. The van der Waals surface area contributed by atoms with Crippen molar-refractivity contribution in [2.24, 2.45) is 11.0 Å². The van der Waals surface area contributed by atoms with Gasteiger partial charge in [-0.05, 0) is 57.9 Å². The molecular weight excluding hydrogens is 525 g/mol. The molecule has 0 aliphatic carbocycles. The highest BCUT2D eigenvalue weighted by molar-refractivity contribution is 7.90. The van der Waals surface area contributed by atoms with Crippen molar-refractivity contribution >= 4 is 31.2 Å². The van der Waals surface area contributed by atoms with Gasteiger partial charge < -0.3 is 14.0 Å². The lowest BCUT2D eigenvalue weighted by molar-refractivity contribution is 0.00578. The lowest BCUT2D eigenvalue weighted by Gasteiger charge is -2.32. The number of hydrogen-bond acceptors (Lipinski definition) is 7. The number of nitrogens with one attached hydrogen (secondary N) is 1. The molecule has 0 radical (unpaired) electrons. The number of azide groups is 1. The molecule has 1 aromatic rings. The van der Waals surface area contributed by atoms with Crippen LogP contribution in [0.15, 0.2) is 17.4 Å². The third kappa shape index (κ3) is 7.74. The lowest BCUT2D eigenvalue weighted by atomic mass is 9.78. The molecular formula is C23H44BN7O5SSi. The summed E-state index contributed by atoms with van der Waals surface area (Å²) in [6.45, 7) is 18.0. The number of hydrogen-bond donors (Lipinski definition) is 1. The van der Waals surface area contributed by atoms with E-state index in [0.717, 1.165) is 12.5 Å². The molecule has 3 rings (SSSR count). The van der Waals surface area contributed by atoms with Crippen molar-refractivity contribution in [1.29, 1.82) is 0 Å². The van der Waals surface area contributed by atoms with Gasteiger partial charge in [0.2, 0.25) is 0 Å². The summed E-state index contributed by atoms with van der Waals surface area (Å²) in [4.78, 5) is 3.02. The minimum absolute atomic E-state index is 0.0913. The molecule has 214 valence electrons. The maximum atomic E-state index is 13.2. The molecule has 2 atom stereocenters. The number of aromatic nitrogens is 2. The van der Waals surface area contributed by atoms with Crippen LogP contribution in [0.1, 0.15) is 47.5 Å². The quantitative estimate of drug-likeness (QED) is 0.120. The Morgan fingerprint density at radius 2 is 1.92 bits per heavy atom. The first kappa shape index (κ1) is 30.9. The molecule has 0 bridgehead atoms. The number of rotatable bonds is 13. The third-order valence-electron chi connectivity index (χ3n) is 7.80. The molecule has 2 saturated heterocycles. The molecule has 0 aromatic carbocycles. The van der Waals surface area contributed by atoms with E-state index in [9.17, 15) is 13.9 Å². The van der Waals surface area contributed by atoms with E-state index in [2.05, 4.69) is 39.5 Å². The summed E-state index contributed by atoms with van der Waals surface area (Å²) in [6.07, 6.45) is 3.79. The summed E-state index contributed by atoms with van der Waals surface area (Å²) in [6, 6.07) is 2.65. The Morgan fingerprint density at radius 1 is 1.26 bits per heavy atom. The van der Waals surface area contributed by atoms with Gasteiger partial charge in [-0.2, -0.15) is 17.8 Å². The van der Waals surface area contributed by atoms with E-state index >= 15 is 0 Å². The van der Waals surface area contributed by atoms with Gasteiger partial charge in [0.1, 0.15) is 6.73 Å². The second kappa shape index (κ2) is 11.5. The standard InChI is InChI=1S/C23H44BN7O5SSi/c1-21(2)22(3,4)36-24(35-21)12-9-10-19-16-31(17-23(19,5)28-29-25)37(32,33)27-20-11-13-30(26-20)18-34-14-15-38(6,7)8/h11,13,19H,9-10,12,14-18H2,1-8H3,(H,26,27)/t19-,23-/m0/s1. The van der Waals surface area contributed by atoms with Crippen molar-refractivity contribution in [3.63, 3.8) is 0 Å². The SMILES string of the molecule is CC1(C)OB(CCC[C@H]2CN(S(=O)(=O)Nc3ccn(COCC[Si](C)(C)C)n3)C[C@]2(C)N=[N+]=[N-])OC1(C)C. The zero-order valence-corrected chi connectivity index (χ0v) is 25.9. The van der Waals surface area contributed by atoms with E-state index in [0.29, 0.717) is 19.3 Å². The Kier molecular flexibility index (Phi) is 9.34. The minimum atomic E-state index is -3.90. The molecule has 38 heavy (non-hydrogen) atoms. The molecule has 2 fully saturated rings. The van der Waals surface area contributed by atoms with Gasteiger partial charge >= 0.3 is 17.3 Å². The summed E-state index contributed by atoms with van der Waals surface area (Å²) in [5.41, 5.74) is 7.55. The molecule has 0 spiro atoms. The van der Waals surface area contributed by atoms with E-state index in [-0.39, 0.29) is 38.7 Å². The fourth-order valence-electron chi connectivity index (χ4n) is 4.63. The molecule has 1 aromatic heterocycles. The Balaban J connectivity index is 1.56. The molecule has 15 heteroatoms. The molecule has 2 aliphatic heterocycles. The first-order chi connectivity index (χ1) is 17.5. The van der Waals surface area contributed by atoms with E-state index in [4.69, 9.17) is 14.0 Å². The van der Waals surface area contributed by atoms with Crippen LogP contribution in [0.2, 0.25) is 32.0 Å². The first-order valence-corrected chi connectivity index (χ1v) is 18.4. The smallest absolute Gasteiger partial charge is 0.403 e. The van der Waals surface area contributed by atoms with Crippen LogP contribution in [0.4, 0.5) is 5.82 Å². The third-order valence-corrected chi connectivity index (χ3v) is 10.9. The van der Waals surface area contributed by atoms with Crippen LogP contribution < -0.4 is 4.72 Å². The van der Waals surface area contributed by atoms with Gasteiger partial charge in [0.05, 0.1) is 16.7 Å². The maximum absolute atomic E-state index is 13.2. The Labute approximate surface area is 228 Å². The van der Waals surface area contributed by atoms with Gasteiger partial charge in [0.15, 0.2) is 5.82 Å². The molecule has 0 amide bonds. The molecule has 0 saturated carbocycles. The van der Waals surface area contributed by atoms with Crippen molar-refractivity contribution < 1.29 is 22.5 Å². The number of nitrogens with zero attached hydrogens (tertiary/aromatic N) is 6. The Morgan fingerprint density at radius 3 is 2.53 bits per heavy atom. The minimum Gasteiger partial charge on any atom is -0.403 e. The predicted molar refractivity (Wildman–Crippen MR) is 152 cm³/mol. The fourth-order valence-corrected chi connectivity index (χ4v) is 6.70. The van der Waals surface area contributed by atoms with Crippen LogP contribution in [0.5, 0.6) is 0 Å². The monoisotopic (exact) mass is 569 g/mol. The summed E-state index contributed by atoms with van der Waals surface area (Å²) in [5.74, 6) is 0.0724. The highest BCUT2D eigenvalue weighted by Gasteiger charge is 2.51. The number of anilines is 1. The van der Waals surface area contributed by atoms with E-state index in [1.165, 1.54) is 4.31 Å². The second-order valence-corrected chi connectivity index (χ2v) is 20.1. The Hall–Kier alpha value is -1.61. The van der Waals surface area contributed by atoms with Gasteiger partial charge in [-0.15, -0.1) is 0 Å². The summed E-state index contributed by atoms with van der Waals surface area (Å²) in [5, 5.41) is 8.30. The van der Waals surface area contributed by atoms with Crippen LogP contribution in [0, 0.1) is 5.92 Å². The van der Waals surface area contributed by atoms with Gasteiger partial charge in [-0.3, -0.25) is 4.72 Å². The van der Waals surface area contributed by atoms with Crippen LogP contribution in [0.25, 0.3) is 10.4 Å². The van der Waals surface area contributed by atoms with Crippen LogP contribution >= 0.6 is 0 Å². The van der Waals surface area contributed by atoms with E-state index in [1.54, 1.807) is 16.9 Å². The van der Waals surface area contributed by atoms with Crippen molar-refractivity contribution in [3.05, 3.63) is 22.7 Å². The van der Waals surface area contributed by atoms with Gasteiger partial charge in [0, 0.05) is 44.9 Å². The van der Waals surface area contributed by atoms with Gasteiger partial charge in [-0.1, -0.05) is 38.1 Å². The van der Waals surface area contributed by atoms with Crippen molar-refractivity contribution in [2.45, 2.75) is 103 Å². The average Bonchev–Trinajstić information content (AvgIpc) is 3.39. The first-order valence-electron chi connectivity index (χ1n) is 13.3. The highest BCUT2D eigenvalue weighted by Crippen LogP contribution is 2.40. The van der Waals surface area contributed by atoms with Gasteiger partial charge in [-0.25, -0.2) is 4.68 Å². The molecule has 12 nitrogen and oxygen atoms in total. The lowest BCUT2D eigenvalue weighted by Crippen LogP contribution is -2.41. The topological polar surface area (TPSA) is 144 Å².